The Balaban J connectivity index is 1.74. The molecule has 3 fully saturated rings. The third-order valence-electron chi connectivity index (χ3n) is 8.32. The van der Waals surface area contributed by atoms with Crippen LogP contribution in [0.2, 0.25) is 0 Å². The summed E-state index contributed by atoms with van der Waals surface area (Å²) in [6.45, 7) is 8.49. The van der Waals surface area contributed by atoms with Crippen LogP contribution in [0.5, 0.6) is 0 Å². The van der Waals surface area contributed by atoms with Gasteiger partial charge in [-0.1, -0.05) is 50.6 Å². The van der Waals surface area contributed by atoms with Crippen LogP contribution in [0.15, 0.2) is 30.3 Å². The summed E-state index contributed by atoms with van der Waals surface area (Å²) in [5.41, 5.74) is 0.999. The Labute approximate surface area is 219 Å². The van der Waals surface area contributed by atoms with Crippen LogP contribution in [0.25, 0.3) is 0 Å². The lowest BCUT2D eigenvalue weighted by molar-refractivity contribution is -0.143. The summed E-state index contributed by atoms with van der Waals surface area (Å²) in [6.07, 6.45) is 4.57. The van der Waals surface area contributed by atoms with Crippen LogP contribution < -0.4 is 10.6 Å². The second kappa shape index (κ2) is 10.7. The first-order valence-corrected chi connectivity index (χ1v) is 14.3. The number of likely N-dealkylation sites (tertiary alicyclic amines) is 1. The average Bonchev–Trinajstić information content (AvgIpc) is 3.42. The first kappa shape index (κ1) is 27.0. The van der Waals surface area contributed by atoms with Crippen LogP contribution >= 0.6 is 11.8 Å². The molecule has 3 unspecified atom stereocenters. The quantitative estimate of drug-likeness (QED) is 0.421. The SMILES string of the molecule is CCCNC(=O)[C@@H]1[C@H]2C(=O)N([C@@H](CO)Cc3ccccc3)C(C(=O)NC(C)CCC)C23CC[C@@]1(C)S3. The molecule has 7 nitrogen and oxygen atoms in total. The van der Waals surface area contributed by atoms with Gasteiger partial charge >= 0.3 is 0 Å². The molecule has 3 aliphatic rings. The number of benzene rings is 1. The highest BCUT2D eigenvalue weighted by Gasteiger charge is 2.77. The minimum atomic E-state index is -0.717. The molecule has 1 spiro atoms. The fourth-order valence-electron chi connectivity index (χ4n) is 6.78. The smallest absolute Gasteiger partial charge is 0.244 e. The number of amides is 3. The van der Waals surface area contributed by atoms with E-state index >= 15 is 0 Å². The monoisotopic (exact) mass is 515 g/mol. The number of hydrogen-bond acceptors (Lipinski definition) is 5. The Morgan fingerprint density at radius 1 is 1.17 bits per heavy atom. The van der Waals surface area contributed by atoms with Crippen molar-refractivity contribution in [2.75, 3.05) is 13.2 Å². The maximum absolute atomic E-state index is 14.3. The van der Waals surface area contributed by atoms with Crippen molar-refractivity contribution < 1.29 is 19.5 Å². The normalized spacial score (nSPS) is 32.3. The standard InChI is InChI=1S/C28H41N3O4S/c1-5-10-18(3)30-25(34)23-28-14-13-27(4,36-28)21(24(33)29-15-6-2)22(28)26(35)31(23)20(17-32)16-19-11-8-7-9-12-19/h7-9,11-12,18,20-23,32H,5-6,10,13-17H2,1-4H3,(H,29,33)(H,30,34)/t18?,20-,21+,22+,23?,27-,28?/m1/s1. The predicted octanol–water partition coefficient (Wildman–Crippen LogP) is 2.90. The van der Waals surface area contributed by atoms with Gasteiger partial charge in [0.2, 0.25) is 17.7 Å². The number of aliphatic hydroxyl groups excluding tert-OH is 1. The Kier molecular flexibility index (Phi) is 8.05. The van der Waals surface area contributed by atoms with Crippen molar-refractivity contribution in [1.29, 1.82) is 0 Å². The van der Waals surface area contributed by atoms with Crippen molar-refractivity contribution in [3.05, 3.63) is 35.9 Å². The van der Waals surface area contributed by atoms with Crippen molar-refractivity contribution in [2.45, 2.75) is 93.8 Å². The van der Waals surface area contributed by atoms with Gasteiger partial charge in [0.25, 0.3) is 0 Å². The number of thioether (sulfide) groups is 1. The van der Waals surface area contributed by atoms with Crippen LogP contribution in [0, 0.1) is 11.8 Å². The summed E-state index contributed by atoms with van der Waals surface area (Å²) >= 11 is 1.67. The van der Waals surface area contributed by atoms with E-state index < -0.39 is 28.7 Å². The third-order valence-corrected chi connectivity index (χ3v) is 10.3. The largest absolute Gasteiger partial charge is 0.394 e. The molecule has 8 heteroatoms. The predicted molar refractivity (Wildman–Crippen MR) is 142 cm³/mol. The number of nitrogens with zero attached hydrogens (tertiary/aromatic N) is 1. The number of carbonyl (C=O) groups excluding carboxylic acids is 3. The van der Waals surface area contributed by atoms with Gasteiger partial charge in [0, 0.05) is 17.3 Å². The molecular formula is C28H41N3O4S. The minimum Gasteiger partial charge on any atom is -0.394 e. The van der Waals surface area contributed by atoms with E-state index in [2.05, 4.69) is 24.5 Å². The molecule has 3 aliphatic heterocycles. The third kappa shape index (κ3) is 4.55. The van der Waals surface area contributed by atoms with Crippen molar-refractivity contribution in [3.8, 4) is 0 Å². The summed E-state index contributed by atoms with van der Waals surface area (Å²) in [6, 6.07) is 8.49. The second-order valence-corrected chi connectivity index (χ2v) is 12.9. The van der Waals surface area contributed by atoms with E-state index in [1.165, 1.54) is 0 Å². The molecule has 1 aromatic rings. The van der Waals surface area contributed by atoms with Crippen molar-refractivity contribution in [3.63, 3.8) is 0 Å². The van der Waals surface area contributed by atoms with Crippen LogP contribution in [0.3, 0.4) is 0 Å². The lowest BCUT2D eigenvalue weighted by Gasteiger charge is -2.37. The van der Waals surface area contributed by atoms with Gasteiger partial charge in [0.05, 0.1) is 29.2 Å². The lowest BCUT2D eigenvalue weighted by Crippen LogP contribution is -2.58. The minimum absolute atomic E-state index is 0.0144. The van der Waals surface area contributed by atoms with Gasteiger partial charge in [-0.05, 0) is 51.5 Å². The average molecular weight is 516 g/mol. The highest BCUT2D eigenvalue weighted by molar-refractivity contribution is 8.02. The van der Waals surface area contributed by atoms with Gasteiger partial charge in [0.1, 0.15) is 6.04 Å². The molecule has 3 amide bonds. The molecule has 3 heterocycles. The number of carbonyl (C=O) groups is 3. The van der Waals surface area contributed by atoms with E-state index in [0.717, 1.165) is 31.2 Å². The molecule has 0 aliphatic carbocycles. The van der Waals surface area contributed by atoms with Crippen LogP contribution in [0.1, 0.15) is 65.4 Å². The zero-order chi connectivity index (χ0) is 26.1. The lowest BCUT2D eigenvalue weighted by atomic mass is 9.66. The Morgan fingerprint density at radius 3 is 2.53 bits per heavy atom. The molecule has 4 rings (SSSR count). The Morgan fingerprint density at radius 2 is 1.89 bits per heavy atom. The van der Waals surface area contributed by atoms with E-state index in [0.29, 0.717) is 19.4 Å². The van der Waals surface area contributed by atoms with Gasteiger partial charge in [-0.25, -0.2) is 0 Å². The number of nitrogens with one attached hydrogen (secondary N) is 2. The first-order valence-electron chi connectivity index (χ1n) is 13.5. The molecule has 2 bridgehead atoms. The molecule has 7 atom stereocenters. The Bertz CT molecular complexity index is 975. The summed E-state index contributed by atoms with van der Waals surface area (Å²) in [4.78, 5) is 43.3. The molecule has 0 saturated carbocycles. The fraction of sp³-hybridized carbons (Fsp3) is 0.679. The van der Waals surface area contributed by atoms with Crippen LogP contribution in [0.4, 0.5) is 0 Å². The van der Waals surface area contributed by atoms with E-state index in [4.69, 9.17) is 0 Å². The molecule has 36 heavy (non-hydrogen) atoms. The van der Waals surface area contributed by atoms with Crippen LogP contribution in [-0.2, 0) is 20.8 Å². The molecule has 0 aromatic heterocycles. The van der Waals surface area contributed by atoms with E-state index in [1.807, 2.05) is 44.2 Å². The van der Waals surface area contributed by atoms with Crippen LogP contribution in [-0.4, -0.2) is 68.5 Å². The Hall–Kier alpha value is -2.06. The zero-order valence-electron chi connectivity index (χ0n) is 22.0. The molecule has 1 aromatic carbocycles. The molecule has 0 radical (unpaired) electrons. The highest BCUT2D eigenvalue weighted by atomic mass is 32.2. The van der Waals surface area contributed by atoms with E-state index in [-0.39, 0.29) is 35.1 Å². The number of fused-ring (bicyclic) bond motifs is 1. The van der Waals surface area contributed by atoms with Gasteiger partial charge in [-0.3, -0.25) is 14.4 Å². The van der Waals surface area contributed by atoms with Gasteiger partial charge in [-0.15, -0.1) is 11.8 Å². The summed E-state index contributed by atoms with van der Waals surface area (Å²) in [5, 5.41) is 16.7. The van der Waals surface area contributed by atoms with E-state index in [9.17, 15) is 19.5 Å². The maximum atomic E-state index is 14.3. The molecule has 198 valence electrons. The number of hydrogen-bond donors (Lipinski definition) is 3. The summed E-state index contributed by atoms with van der Waals surface area (Å²) in [7, 11) is 0. The van der Waals surface area contributed by atoms with Gasteiger partial charge in [0.15, 0.2) is 0 Å². The van der Waals surface area contributed by atoms with Crippen molar-refractivity contribution in [1.82, 2.24) is 15.5 Å². The topological polar surface area (TPSA) is 98.7 Å². The van der Waals surface area contributed by atoms with Gasteiger partial charge in [-0.2, -0.15) is 0 Å². The first-order chi connectivity index (χ1) is 17.2. The second-order valence-electron chi connectivity index (χ2n) is 11.0. The fourth-order valence-corrected chi connectivity index (χ4v) is 9.12. The van der Waals surface area contributed by atoms with Gasteiger partial charge < -0.3 is 20.6 Å². The molecular weight excluding hydrogens is 474 g/mol. The molecule has 3 saturated heterocycles. The zero-order valence-corrected chi connectivity index (χ0v) is 22.8. The molecule has 3 N–H and O–H groups in total. The number of rotatable bonds is 11. The number of aliphatic hydroxyl groups is 1. The summed E-state index contributed by atoms with van der Waals surface area (Å²) < 4.78 is -1.05. The summed E-state index contributed by atoms with van der Waals surface area (Å²) in [5.74, 6) is -1.47. The van der Waals surface area contributed by atoms with Crippen molar-refractivity contribution >= 4 is 29.5 Å². The highest BCUT2D eigenvalue weighted by Crippen LogP contribution is 2.71. The van der Waals surface area contributed by atoms with E-state index in [1.54, 1.807) is 16.7 Å². The van der Waals surface area contributed by atoms with Crippen molar-refractivity contribution in [2.24, 2.45) is 11.8 Å². The maximum Gasteiger partial charge on any atom is 0.244 e.